The smallest absolute Gasteiger partial charge is 0.303 e. The molecule has 0 amide bonds. The molecule has 0 saturated carbocycles. The van der Waals surface area contributed by atoms with E-state index in [1.807, 2.05) is 31.2 Å². The maximum atomic E-state index is 10.5. The molecule has 0 aromatic heterocycles. The quantitative estimate of drug-likeness (QED) is 0.427. The number of aryl methyl sites for hydroxylation is 1. The standard InChI is InChI=1S/C14H20N2O3/c1-11-5-7-12(8-6-11)13(16-19-10-9-15)3-2-4-14(17)18/h5-8H,2-4,9-10,15H2,1H3,(H,17,18)/b16-13+. The number of hydrogen-bond donors (Lipinski definition) is 2. The van der Waals surface area contributed by atoms with Crippen molar-refractivity contribution in [3.8, 4) is 0 Å². The molecule has 0 aliphatic rings. The SMILES string of the molecule is Cc1ccc(/C(CCCC(=O)O)=N/OCCN)cc1. The van der Waals surface area contributed by atoms with Gasteiger partial charge in [-0.3, -0.25) is 4.79 Å². The van der Waals surface area contributed by atoms with Crippen LogP contribution in [0.2, 0.25) is 0 Å². The Balaban J connectivity index is 2.70. The van der Waals surface area contributed by atoms with E-state index in [2.05, 4.69) is 5.16 Å². The van der Waals surface area contributed by atoms with Gasteiger partial charge in [0.05, 0.1) is 5.71 Å². The first-order valence-corrected chi connectivity index (χ1v) is 6.31. The Morgan fingerprint density at radius 3 is 2.58 bits per heavy atom. The zero-order valence-corrected chi connectivity index (χ0v) is 11.1. The maximum absolute atomic E-state index is 10.5. The van der Waals surface area contributed by atoms with Crippen molar-refractivity contribution in [2.45, 2.75) is 26.2 Å². The van der Waals surface area contributed by atoms with Crippen LogP contribution in [0, 0.1) is 6.92 Å². The van der Waals surface area contributed by atoms with Crippen molar-refractivity contribution >= 4 is 11.7 Å². The minimum absolute atomic E-state index is 0.127. The zero-order chi connectivity index (χ0) is 14.1. The van der Waals surface area contributed by atoms with Crippen LogP contribution in [-0.2, 0) is 9.63 Å². The first-order valence-electron chi connectivity index (χ1n) is 6.31. The van der Waals surface area contributed by atoms with Gasteiger partial charge in [-0.25, -0.2) is 0 Å². The molecule has 104 valence electrons. The molecule has 0 fully saturated rings. The number of nitrogens with zero attached hydrogens (tertiary/aromatic N) is 1. The number of carbonyl (C=O) groups is 1. The molecule has 19 heavy (non-hydrogen) atoms. The summed E-state index contributed by atoms with van der Waals surface area (Å²) in [6.45, 7) is 2.77. The molecular formula is C14H20N2O3. The predicted molar refractivity (Wildman–Crippen MR) is 74.2 cm³/mol. The van der Waals surface area contributed by atoms with Crippen LogP contribution in [0.5, 0.6) is 0 Å². The highest BCUT2D eigenvalue weighted by atomic mass is 16.6. The lowest BCUT2D eigenvalue weighted by Gasteiger charge is -2.06. The topological polar surface area (TPSA) is 84.9 Å². The summed E-state index contributed by atoms with van der Waals surface area (Å²) in [6, 6.07) is 7.90. The van der Waals surface area contributed by atoms with E-state index in [1.54, 1.807) is 0 Å². The van der Waals surface area contributed by atoms with E-state index in [1.165, 1.54) is 0 Å². The molecule has 1 rings (SSSR count). The molecule has 3 N–H and O–H groups in total. The molecule has 0 spiro atoms. The zero-order valence-electron chi connectivity index (χ0n) is 11.1. The first kappa shape index (κ1) is 15.2. The highest BCUT2D eigenvalue weighted by Gasteiger charge is 2.06. The van der Waals surface area contributed by atoms with E-state index in [0.29, 0.717) is 26.0 Å². The Kier molecular flexibility index (Phi) is 6.60. The van der Waals surface area contributed by atoms with Crippen LogP contribution >= 0.6 is 0 Å². The van der Waals surface area contributed by atoms with Crippen LogP contribution in [0.25, 0.3) is 0 Å². The molecule has 0 unspecified atom stereocenters. The molecule has 5 heteroatoms. The third-order valence-electron chi connectivity index (χ3n) is 2.57. The third-order valence-corrected chi connectivity index (χ3v) is 2.57. The van der Waals surface area contributed by atoms with Gasteiger partial charge in [-0.15, -0.1) is 0 Å². The van der Waals surface area contributed by atoms with Gasteiger partial charge in [0.1, 0.15) is 6.61 Å². The highest BCUT2D eigenvalue weighted by Crippen LogP contribution is 2.10. The lowest BCUT2D eigenvalue weighted by molar-refractivity contribution is -0.137. The van der Waals surface area contributed by atoms with Gasteiger partial charge >= 0.3 is 5.97 Å². The van der Waals surface area contributed by atoms with Crippen molar-refractivity contribution in [2.75, 3.05) is 13.2 Å². The van der Waals surface area contributed by atoms with E-state index in [-0.39, 0.29) is 6.42 Å². The summed E-state index contributed by atoms with van der Waals surface area (Å²) >= 11 is 0. The summed E-state index contributed by atoms with van der Waals surface area (Å²) < 4.78 is 0. The number of benzene rings is 1. The Labute approximate surface area is 113 Å². The Morgan fingerprint density at radius 2 is 2.00 bits per heavy atom. The van der Waals surface area contributed by atoms with E-state index < -0.39 is 5.97 Å². The average molecular weight is 264 g/mol. The summed E-state index contributed by atoms with van der Waals surface area (Å²) in [5.74, 6) is -0.800. The molecule has 0 aliphatic heterocycles. The monoisotopic (exact) mass is 264 g/mol. The number of hydrogen-bond acceptors (Lipinski definition) is 4. The molecule has 1 aromatic carbocycles. The Morgan fingerprint density at radius 1 is 1.32 bits per heavy atom. The van der Waals surface area contributed by atoms with Crippen LogP contribution < -0.4 is 5.73 Å². The fourth-order valence-electron chi connectivity index (χ4n) is 1.57. The van der Waals surface area contributed by atoms with Gasteiger partial charge in [0.25, 0.3) is 0 Å². The molecule has 0 saturated heterocycles. The Hall–Kier alpha value is -1.88. The highest BCUT2D eigenvalue weighted by molar-refractivity contribution is 6.00. The van der Waals surface area contributed by atoms with Crippen molar-refractivity contribution in [2.24, 2.45) is 10.9 Å². The van der Waals surface area contributed by atoms with Crippen LogP contribution in [0.3, 0.4) is 0 Å². The number of aliphatic carboxylic acids is 1. The molecule has 0 atom stereocenters. The lowest BCUT2D eigenvalue weighted by atomic mass is 10.0. The van der Waals surface area contributed by atoms with Crippen LogP contribution in [0.1, 0.15) is 30.4 Å². The number of oxime groups is 1. The van der Waals surface area contributed by atoms with Crippen LogP contribution in [0.4, 0.5) is 0 Å². The lowest BCUT2D eigenvalue weighted by Crippen LogP contribution is -2.09. The van der Waals surface area contributed by atoms with Gasteiger partial charge in [0, 0.05) is 13.0 Å². The average Bonchev–Trinajstić information content (AvgIpc) is 2.38. The number of rotatable bonds is 8. The maximum Gasteiger partial charge on any atom is 0.303 e. The summed E-state index contributed by atoms with van der Waals surface area (Å²) in [5.41, 5.74) is 8.22. The summed E-state index contributed by atoms with van der Waals surface area (Å²) in [4.78, 5) is 15.6. The fourth-order valence-corrected chi connectivity index (χ4v) is 1.57. The molecule has 0 heterocycles. The summed E-state index contributed by atoms with van der Waals surface area (Å²) in [6.07, 6.45) is 1.23. The molecule has 5 nitrogen and oxygen atoms in total. The second-order valence-corrected chi connectivity index (χ2v) is 4.27. The van der Waals surface area contributed by atoms with Crippen molar-refractivity contribution in [3.05, 3.63) is 35.4 Å². The normalized spacial score (nSPS) is 11.4. The fraction of sp³-hybridized carbons (Fsp3) is 0.429. The van der Waals surface area contributed by atoms with Gasteiger partial charge in [0.2, 0.25) is 0 Å². The van der Waals surface area contributed by atoms with E-state index >= 15 is 0 Å². The van der Waals surface area contributed by atoms with E-state index in [9.17, 15) is 4.79 Å². The minimum Gasteiger partial charge on any atom is -0.481 e. The van der Waals surface area contributed by atoms with Crippen LogP contribution in [-0.4, -0.2) is 29.9 Å². The molecule has 0 radical (unpaired) electrons. The minimum atomic E-state index is -0.800. The van der Waals surface area contributed by atoms with Crippen molar-refractivity contribution in [1.29, 1.82) is 0 Å². The molecule has 1 aromatic rings. The van der Waals surface area contributed by atoms with Gasteiger partial charge in [0.15, 0.2) is 0 Å². The van der Waals surface area contributed by atoms with Crippen LogP contribution in [0.15, 0.2) is 29.4 Å². The van der Waals surface area contributed by atoms with Gasteiger partial charge in [-0.1, -0.05) is 35.0 Å². The van der Waals surface area contributed by atoms with Gasteiger partial charge in [-0.2, -0.15) is 0 Å². The Bertz CT molecular complexity index is 427. The third kappa shape index (κ3) is 6.01. The van der Waals surface area contributed by atoms with Crippen molar-refractivity contribution < 1.29 is 14.7 Å². The number of carboxylic acids is 1. The first-order chi connectivity index (χ1) is 9.13. The molecular weight excluding hydrogens is 244 g/mol. The van der Waals surface area contributed by atoms with Crippen molar-refractivity contribution in [1.82, 2.24) is 0 Å². The second kappa shape index (κ2) is 8.26. The summed E-state index contributed by atoms with van der Waals surface area (Å²) in [5, 5.41) is 12.7. The van der Waals surface area contributed by atoms with E-state index in [0.717, 1.165) is 16.8 Å². The molecule has 0 aliphatic carbocycles. The number of carboxylic acid groups (broad SMARTS) is 1. The number of nitrogens with two attached hydrogens (primary N) is 1. The van der Waals surface area contributed by atoms with Crippen molar-refractivity contribution in [3.63, 3.8) is 0 Å². The molecule has 0 bridgehead atoms. The second-order valence-electron chi connectivity index (χ2n) is 4.27. The largest absolute Gasteiger partial charge is 0.481 e. The van der Waals surface area contributed by atoms with Gasteiger partial charge < -0.3 is 15.7 Å². The predicted octanol–water partition coefficient (Wildman–Crippen LogP) is 1.93. The van der Waals surface area contributed by atoms with Gasteiger partial charge in [-0.05, 0) is 25.3 Å². The van der Waals surface area contributed by atoms with E-state index in [4.69, 9.17) is 15.7 Å². The summed E-state index contributed by atoms with van der Waals surface area (Å²) in [7, 11) is 0.